The van der Waals surface area contributed by atoms with Crippen LogP contribution in [0.1, 0.15) is 38.5 Å². The molecule has 4 rings (SSSR count). The Kier molecular flexibility index (Phi) is 5.30. The van der Waals surface area contributed by atoms with Crippen LogP contribution in [-0.4, -0.2) is 35.6 Å². The van der Waals surface area contributed by atoms with E-state index in [0.717, 1.165) is 37.8 Å². The number of carbonyl (C=O) groups excluding carboxylic acids is 1. The van der Waals surface area contributed by atoms with Crippen LogP contribution in [0.25, 0.3) is 0 Å². The van der Waals surface area contributed by atoms with Gasteiger partial charge < -0.3 is 15.3 Å². The second-order valence-electron chi connectivity index (χ2n) is 8.11. The van der Waals surface area contributed by atoms with Crippen molar-refractivity contribution in [3.05, 3.63) is 42.5 Å². The lowest BCUT2D eigenvalue weighted by Gasteiger charge is -2.35. The first-order valence-corrected chi connectivity index (χ1v) is 10.2. The number of allylic oxidation sites excluding steroid dienone is 1. The SMILES string of the molecule is O=C(O)C1C2C=CC(C2)C1NCC(=O)N(c1ccccc1)C1CCCCC1. The molecule has 5 heteroatoms. The van der Waals surface area contributed by atoms with Gasteiger partial charge in [0.2, 0.25) is 5.91 Å². The van der Waals surface area contributed by atoms with Crippen LogP contribution >= 0.6 is 0 Å². The molecule has 4 unspecified atom stereocenters. The zero-order chi connectivity index (χ0) is 18.8. The zero-order valence-corrected chi connectivity index (χ0v) is 15.6. The summed E-state index contributed by atoms with van der Waals surface area (Å²) in [7, 11) is 0. The minimum Gasteiger partial charge on any atom is -0.481 e. The van der Waals surface area contributed by atoms with E-state index in [1.54, 1.807) is 0 Å². The fraction of sp³-hybridized carbons (Fsp3) is 0.545. The normalized spacial score (nSPS) is 29.8. The maximum absolute atomic E-state index is 13.2. The van der Waals surface area contributed by atoms with Crippen molar-refractivity contribution in [1.82, 2.24) is 5.32 Å². The van der Waals surface area contributed by atoms with Gasteiger partial charge in [-0.25, -0.2) is 0 Å². The number of anilines is 1. The molecule has 2 bridgehead atoms. The number of carboxylic acid groups (broad SMARTS) is 1. The molecule has 27 heavy (non-hydrogen) atoms. The molecule has 1 amide bonds. The highest BCUT2D eigenvalue weighted by Crippen LogP contribution is 2.43. The van der Waals surface area contributed by atoms with Crippen LogP contribution in [0, 0.1) is 17.8 Å². The smallest absolute Gasteiger partial charge is 0.308 e. The molecule has 1 aromatic rings. The van der Waals surface area contributed by atoms with Gasteiger partial charge in [-0.2, -0.15) is 0 Å². The molecule has 1 aromatic carbocycles. The molecule has 2 fully saturated rings. The number of carbonyl (C=O) groups is 2. The molecule has 2 saturated carbocycles. The summed E-state index contributed by atoms with van der Waals surface area (Å²) in [6, 6.07) is 9.97. The number of aliphatic carboxylic acids is 1. The maximum atomic E-state index is 13.2. The maximum Gasteiger partial charge on any atom is 0.308 e. The quantitative estimate of drug-likeness (QED) is 0.757. The molecule has 0 aromatic heterocycles. The Hall–Kier alpha value is -2.14. The topological polar surface area (TPSA) is 69.6 Å². The van der Waals surface area contributed by atoms with Gasteiger partial charge in [0.25, 0.3) is 0 Å². The average molecular weight is 368 g/mol. The van der Waals surface area contributed by atoms with Gasteiger partial charge >= 0.3 is 5.97 Å². The van der Waals surface area contributed by atoms with E-state index in [1.165, 1.54) is 6.42 Å². The highest BCUT2D eigenvalue weighted by atomic mass is 16.4. The van der Waals surface area contributed by atoms with Crippen LogP contribution < -0.4 is 10.2 Å². The third kappa shape index (κ3) is 3.65. The van der Waals surface area contributed by atoms with Gasteiger partial charge in [-0.3, -0.25) is 9.59 Å². The van der Waals surface area contributed by atoms with E-state index in [9.17, 15) is 14.7 Å². The first kappa shape index (κ1) is 18.2. The molecule has 4 atom stereocenters. The van der Waals surface area contributed by atoms with Crippen LogP contribution in [0.2, 0.25) is 0 Å². The van der Waals surface area contributed by atoms with Crippen LogP contribution in [0.5, 0.6) is 0 Å². The lowest BCUT2D eigenvalue weighted by atomic mass is 9.89. The summed E-state index contributed by atoms with van der Waals surface area (Å²) in [6.07, 6.45) is 10.7. The molecule has 2 N–H and O–H groups in total. The largest absolute Gasteiger partial charge is 0.481 e. The fourth-order valence-electron chi connectivity index (χ4n) is 5.21. The molecule has 0 saturated heterocycles. The summed E-state index contributed by atoms with van der Waals surface area (Å²) >= 11 is 0. The van der Waals surface area contributed by atoms with E-state index < -0.39 is 11.9 Å². The van der Waals surface area contributed by atoms with E-state index in [0.29, 0.717) is 0 Å². The van der Waals surface area contributed by atoms with Crippen molar-refractivity contribution in [1.29, 1.82) is 0 Å². The molecular weight excluding hydrogens is 340 g/mol. The number of carboxylic acids is 1. The number of nitrogens with one attached hydrogen (secondary N) is 1. The summed E-state index contributed by atoms with van der Waals surface area (Å²) in [5.41, 5.74) is 0.943. The van der Waals surface area contributed by atoms with Crippen molar-refractivity contribution >= 4 is 17.6 Å². The number of para-hydroxylation sites is 1. The molecule has 0 aliphatic heterocycles. The zero-order valence-electron chi connectivity index (χ0n) is 15.6. The number of nitrogens with zero attached hydrogens (tertiary/aromatic N) is 1. The van der Waals surface area contributed by atoms with Crippen LogP contribution in [0.4, 0.5) is 5.69 Å². The summed E-state index contributed by atoms with van der Waals surface area (Å²) in [6.45, 7) is 0.191. The van der Waals surface area contributed by atoms with Crippen molar-refractivity contribution in [3.8, 4) is 0 Å². The van der Waals surface area contributed by atoms with Gasteiger partial charge in [0.15, 0.2) is 0 Å². The van der Waals surface area contributed by atoms with Gasteiger partial charge in [0, 0.05) is 17.8 Å². The highest BCUT2D eigenvalue weighted by molar-refractivity contribution is 5.95. The molecular formula is C22H28N2O3. The minimum atomic E-state index is -0.760. The number of benzene rings is 1. The molecule has 144 valence electrons. The highest BCUT2D eigenvalue weighted by Gasteiger charge is 2.48. The van der Waals surface area contributed by atoms with E-state index >= 15 is 0 Å². The summed E-state index contributed by atoms with van der Waals surface area (Å²) in [5.74, 6) is -0.812. The van der Waals surface area contributed by atoms with Crippen LogP contribution in [0.15, 0.2) is 42.5 Å². The Labute approximate surface area is 160 Å². The van der Waals surface area contributed by atoms with E-state index in [1.807, 2.05) is 41.3 Å². The number of hydrogen-bond donors (Lipinski definition) is 2. The standard InChI is InChI=1S/C22H28N2O3/c25-19(14-23-21-16-12-11-15(13-16)20(21)22(26)27)24(17-7-3-1-4-8-17)18-9-5-2-6-10-18/h1,3-4,7-8,11-12,15-16,18,20-21,23H,2,5-6,9-10,13-14H2,(H,26,27). The third-order valence-corrected chi connectivity index (χ3v) is 6.48. The van der Waals surface area contributed by atoms with Gasteiger partial charge in [-0.1, -0.05) is 49.6 Å². The number of rotatable bonds is 6. The molecule has 0 radical (unpaired) electrons. The molecule has 5 nitrogen and oxygen atoms in total. The van der Waals surface area contributed by atoms with Gasteiger partial charge in [0.05, 0.1) is 12.5 Å². The fourth-order valence-corrected chi connectivity index (χ4v) is 5.21. The predicted octanol–water partition coefficient (Wildman–Crippen LogP) is 3.22. The van der Waals surface area contributed by atoms with Crippen molar-refractivity contribution in [2.24, 2.45) is 17.8 Å². The Morgan fingerprint density at radius 2 is 1.74 bits per heavy atom. The van der Waals surface area contributed by atoms with Crippen LogP contribution in [-0.2, 0) is 9.59 Å². The molecule has 3 aliphatic rings. The Morgan fingerprint density at radius 1 is 1.04 bits per heavy atom. The van der Waals surface area contributed by atoms with Crippen molar-refractivity contribution in [2.75, 3.05) is 11.4 Å². The first-order chi connectivity index (χ1) is 13.1. The molecule has 0 spiro atoms. The Bertz CT molecular complexity index is 712. The number of hydrogen-bond acceptors (Lipinski definition) is 3. The summed E-state index contributed by atoms with van der Waals surface area (Å²) in [5, 5.41) is 12.9. The van der Waals surface area contributed by atoms with E-state index in [4.69, 9.17) is 0 Å². The number of amides is 1. The molecule has 3 aliphatic carbocycles. The second kappa shape index (κ2) is 7.85. The lowest BCUT2D eigenvalue weighted by molar-refractivity contribution is -0.143. The van der Waals surface area contributed by atoms with Gasteiger partial charge in [0.1, 0.15) is 0 Å². The van der Waals surface area contributed by atoms with Gasteiger partial charge in [-0.05, 0) is 43.2 Å². The Morgan fingerprint density at radius 3 is 2.44 bits per heavy atom. The van der Waals surface area contributed by atoms with Gasteiger partial charge in [-0.15, -0.1) is 0 Å². The lowest BCUT2D eigenvalue weighted by Crippen LogP contribution is -2.50. The molecule has 0 heterocycles. The van der Waals surface area contributed by atoms with E-state index in [2.05, 4.69) is 11.4 Å². The average Bonchev–Trinajstić information content (AvgIpc) is 3.29. The predicted molar refractivity (Wildman–Crippen MR) is 104 cm³/mol. The summed E-state index contributed by atoms with van der Waals surface area (Å²) in [4.78, 5) is 26.8. The summed E-state index contributed by atoms with van der Waals surface area (Å²) < 4.78 is 0. The van der Waals surface area contributed by atoms with Crippen molar-refractivity contribution < 1.29 is 14.7 Å². The van der Waals surface area contributed by atoms with Crippen molar-refractivity contribution in [2.45, 2.75) is 50.6 Å². The Balaban J connectivity index is 1.47. The third-order valence-electron chi connectivity index (χ3n) is 6.48. The van der Waals surface area contributed by atoms with E-state index in [-0.39, 0.29) is 36.4 Å². The monoisotopic (exact) mass is 368 g/mol. The first-order valence-electron chi connectivity index (χ1n) is 10.2. The second-order valence-corrected chi connectivity index (χ2v) is 8.11. The number of fused-ring (bicyclic) bond motifs is 2. The van der Waals surface area contributed by atoms with Crippen LogP contribution in [0.3, 0.4) is 0 Å². The minimum absolute atomic E-state index is 0.0454. The van der Waals surface area contributed by atoms with Crippen molar-refractivity contribution in [3.63, 3.8) is 0 Å².